The van der Waals surface area contributed by atoms with Gasteiger partial charge in [-0.25, -0.2) is 4.79 Å². The fourth-order valence-corrected chi connectivity index (χ4v) is 4.27. The number of rotatable bonds is 5. The molecule has 150 valence electrons. The largest absolute Gasteiger partial charge is 0.494 e. The van der Waals surface area contributed by atoms with Crippen LogP contribution in [0.4, 0.5) is 0 Å². The fraction of sp³-hybridized carbons (Fsp3) is 0.333. The standard InChI is InChI=1S/C24H26N2O3/c27-22-21(20-14-8-3-9-15-20)23(28)26(17-19-12-6-2-7-13-19)24(29)25(22)16-18-10-4-1-5-11-18/h1-2,4-7,10-13,20,27H,3,8-9,14-17H2. The maximum atomic E-state index is 13.3. The lowest BCUT2D eigenvalue weighted by molar-refractivity contribution is 0.364. The number of nitrogens with zero attached hydrogens (tertiary/aromatic N) is 2. The maximum Gasteiger partial charge on any atom is 0.334 e. The van der Waals surface area contributed by atoms with E-state index in [0.717, 1.165) is 43.2 Å². The predicted molar refractivity (Wildman–Crippen MR) is 114 cm³/mol. The molecule has 29 heavy (non-hydrogen) atoms. The molecule has 0 aliphatic heterocycles. The van der Waals surface area contributed by atoms with Gasteiger partial charge in [0.25, 0.3) is 5.56 Å². The third-order valence-electron chi connectivity index (χ3n) is 5.81. The lowest BCUT2D eigenvalue weighted by Crippen LogP contribution is -2.42. The highest BCUT2D eigenvalue weighted by atomic mass is 16.3. The topological polar surface area (TPSA) is 64.2 Å². The summed E-state index contributed by atoms with van der Waals surface area (Å²) in [7, 11) is 0. The molecule has 1 saturated carbocycles. The molecule has 5 heteroatoms. The maximum absolute atomic E-state index is 13.3. The average Bonchev–Trinajstić information content (AvgIpc) is 2.77. The summed E-state index contributed by atoms with van der Waals surface area (Å²) in [6.45, 7) is 0.438. The minimum atomic E-state index is -0.472. The first-order valence-corrected chi connectivity index (χ1v) is 10.3. The first-order chi connectivity index (χ1) is 14.1. The highest BCUT2D eigenvalue weighted by Crippen LogP contribution is 2.34. The summed E-state index contributed by atoms with van der Waals surface area (Å²) >= 11 is 0. The molecule has 0 radical (unpaired) electrons. The second kappa shape index (κ2) is 8.52. The van der Waals surface area contributed by atoms with E-state index < -0.39 is 5.69 Å². The predicted octanol–water partition coefficient (Wildman–Crippen LogP) is 3.86. The Morgan fingerprint density at radius 3 is 1.83 bits per heavy atom. The molecule has 2 aromatic carbocycles. The van der Waals surface area contributed by atoms with Gasteiger partial charge in [0.15, 0.2) is 0 Å². The summed E-state index contributed by atoms with van der Waals surface area (Å²) in [6, 6.07) is 19.1. The van der Waals surface area contributed by atoms with Crippen LogP contribution in [0.25, 0.3) is 0 Å². The van der Waals surface area contributed by atoms with Crippen LogP contribution in [-0.2, 0) is 13.1 Å². The van der Waals surface area contributed by atoms with E-state index in [1.807, 2.05) is 60.7 Å². The van der Waals surface area contributed by atoms with Crippen LogP contribution in [0.1, 0.15) is 54.7 Å². The highest BCUT2D eigenvalue weighted by molar-refractivity contribution is 5.30. The fourth-order valence-electron chi connectivity index (χ4n) is 4.27. The molecular weight excluding hydrogens is 364 g/mol. The Hall–Kier alpha value is -3.08. The van der Waals surface area contributed by atoms with Crippen molar-refractivity contribution in [1.82, 2.24) is 9.13 Å². The van der Waals surface area contributed by atoms with Crippen LogP contribution < -0.4 is 11.2 Å². The van der Waals surface area contributed by atoms with E-state index in [1.54, 1.807) is 0 Å². The van der Waals surface area contributed by atoms with Gasteiger partial charge in [-0.05, 0) is 29.9 Å². The van der Waals surface area contributed by atoms with Crippen molar-refractivity contribution in [2.45, 2.75) is 51.1 Å². The Bertz CT molecular complexity index is 1080. The lowest BCUT2D eigenvalue weighted by atomic mass is 9.85. The second-order valence-electron chi connectivity index (χ2n) is 7.80. The number of benzene rings is 2. The minimum absolute atomic E-state index is 0.000830. The third kappa shape index (κ3) is 4.04. The lowest BCUT2D eigenvalue weighted by Gasteiger charge is -2.24. The van der Waals surface area contributed by atoms with Crippen molar-refractivity contribution in [3.05, 3.63) is 98.2 Å². The number of aromatic nitrogens is 2. The third-order valence-corrected chi connectivity index (χ3v) is 5.81. The average molecular weight is 390 g/mol. The van der Waals surface area contributed by atoms with Gasteiger partial charge in [0.05, 0.1) is 18.7 Å². The van der Waals surface area contributed by atoms with Crippen molar-refractivity contribution in [3.8, 4) is 5.88 Å². The van der Waals surface area contributed by atoms with Crippen LogP contribution in [0.2, 0.25) is 0 Å². The first-order valence-electron chi connectivity index (χ1n) is 10.3. The molecule has 0 amide bonds. The molecule has 0 unspecified atom stereocenters. The van der Waals surface area contributed by atoms with Gasteiger partial charge in [-0.15, -0.1) is 0 Å². The zero-order valence-electron chi connectivity index (χ0n) is 16.5. The van der Waals surface area contributed by atoms with Crippen molar-refractivity contribution in [1.29, 1.82) is 0 Å². The Morgan fingerprint density at radius 2 is 1.28 bits per heavy atom. The van der Waals surface area contributed by atoms with Crippen LogP contribution in [-0.4, -0.2) is 14.2 Å². The van der Waals surface area contributed by atoms with E-state index >= 15 is 0 Å². The minimum Gasteiger partial charge on any atom is -0.494 e. The molecule has 1 heterocycles. The number of hydrogen-bond donors (Lipinski definition) is 1. The summed E-state index contributed by atoms with van der Waals surface area (Å²) in [4.78, 5) is 26.5. The van der Waals surface area contributed by atoms with Crippen molar-refractivity contribution in [2.24, 2.45) is 0 Å². The summed E-state index contributed by atoms with van der Waals surface area (Å²) in [6.07, 6.45) is 4.98. The molecule has 1 aromatic heterocycles. The molecule has 4 rings (SSSR count). The van der Waals surface area contributed by atoms with E-state index in [2.05, 4.69) is 0 Å². The summed E-state index contributed by atoms with van der Waals surface area (Å²) in [5.74, 6) is -0.166. The van der Waals surface area contributed by atoms with Gasteiger partial charge >= 0.3 is 5.69 Å². The molecule has 1 aliphatic rings. The molecule has 1 N–H and O–H groups in total. The van der Waals surface area contributed by atoms with Crippen molar-refractivity contribution >= 4 is 0 Å². The molecule has 1 aliphatic carbocycles. The first kappa shape index (κ1) is 19.2. The van der Waals surface area contributed by atoms with E-state index in [4.69, 9.17) is 0 Å². The number of hydrogen-bond acceptors (Lipinski definition) is 3. The van der Waals surface area contributed by atoms with Crippen molar-refractivity contribution < 1.29 is 5.11 Å². The molecule has 0 bridgehead atoms. The van der Waals surface area contributed by atoms with E-state index in [0.29, 0.717) is 5.56 Å². The van der Waals surface area contributed by atoms with Crippen molar-refractivity contribution in [3.63, 3.8) is 0 Å². The van der Waals surface area contributed by atoms with Crippen molar-refractivity contribution in [2.75, 3.05) is 0 Å². The molecular formula is C24H26N2O3. The Balaban J connectivity index is 1.86. The Morgan fingerprint density at radius 1 is 0.759 bits per heavy atom. The van der Waals surface area contributed by atoms with Crippen LogP contribution in [0.15, 0.2) is 70.3 Å². The van der Waals surface area contributed by atoms with E-state index in [-0.39, 0.29) is 30.4 Å². The zero-order chi connectivity index (χ0) is 20.2. The van der Waals surface area contributed by atoms with E-state index in [1.165, 1.54) is 9.13 Å². The zero-order valence-corrected chi connectivity index (χ0v) is 16.5. The van der Waals surface area contributed by atoms with Crippen LogP contribution in [0, 0.1) is 0 Å². The Labute approximate surface area is 169 Å². The normalized spacial score (nSPS) is 14.8. The van der Waals surface area contributed by atoms with E-state index in [9.17, 15) is 14.7 Å². The molecule has 0 atom stereocenters. The molecule has 0 spiro atoms. The molecule has 1 fully saturated rings. The molecule has 5 nitrogen and oxygen atoms in total. The summed E-state index contributed by atoms with van der Waals surface area (Å²) in [5.41, 5.74) is 1.37. The SMILES string of the molecule is O=c1c(C2CCCCC2)c(O)n(Cc2ccccc2)c(=O)n1Cc1ccccc1. The summed E-state index contributed by atoms with van der Waals surface area (Å²) < 4.78 is 2.63. The second-order valence-corrected chi connectivity index (χ2v) is 7.80. The van der Waals surface area contributed by atoms with Gasteiger partial charge in [-0.1, -0.05) is 79.9 Å². The van der Waals surface area contributed by atoms with Gasteiger partial charge in [-0.2, -0.15) is 0 Å². The highest BCUT2D eigenvalue weighted by Gasteiger charge is 2.27. The van der Waals surface area contributed by atoms with Gasteiger partial charge in [0.2, 0.25) is 5.88 Å². The van der Waals surface area contributed by atoms with Crippen LogP contribution in [0.5, 0.6) is 5.88 Å². The number of aromatic hydroxyl groups is 1. The van der Waals surface area contributed by atoms with Gasteiger partial charge in [0, 0.05) is 0 Å². The quantitative estimate of drug-likeness (QED) is 0.719. The van der Waals surface area contributed by atoms with Crippen LogP contribution >= 0.6 is 0 Å². The van der Waals surface area contributed by atoms with Gasteiger partial charge in [-0.3, -0.25) is 13.9 Å². The summed E-state index contributed by atoms with van der Waals surface area (Å²) in [5, 5.41) is 11.0. The Kier molecular flexibility index (Phi) is 5.65. The van der Waals surface area contributed by atoms with Gasteiger partial charge in [0.1, 0.15) is 0 Å². The molecule has 0 saturated heterocycles. The smallest absolute Gasteiger partial charge is 0.334 e. The van der Waals surface area contributed by atoms with Crippen LogP contribution in [0.3, 0.4) is 0 Å². The molecule has 3 aromatic rings. The van der Waals surface area contributed by atoms with Gasteiger partial charge < -0.3 is 5.11 Å². The monoisotopic (exact) mass is 390 g/mol.